The van der Waals surface area contributed by atoms with Crippen molar-refractivity contribution >= 4 is 46.4 Å². The Morgan fingerprint density at radius 3 is 0.933 bits per heavy atom. The van der Waals surface area contributed by atoms with Crippen molar-refractivity contribution in [2.45, 2.75) is 0 Å². The Morgan fingerprint density at radius 2 is 0.573 bits per heavy atom. The monoisotopic (exact) mass is 1040 g/mol. The van der Waals surface area contributed by atoms with Gasteiger partial charge in [-0.05, 0) is 95.1 Å². The predicted octanol–water partition coefficient (Wildman–Crippen LogP) is 12.6. The molecule has 0 unspecified atom stereocenters. The van der Waals surface area contributed by atoms with E-state index in [1.165, 1.54) is 0 Å². The van der Waals surface area contributed by atoms with Gasteiger partial charge in [-0.15, -0.1) is 0 Å². The molecule has 13 heteroatoms. The zero-order valence-corrected chi connectivity index (χ0v) is 42.3. The first-order valence-electron chi connectivity index (χ1n) is 25.1. The minimum Gasteiger partial charge on any atom is -0.487 e. The molecule has 75 heavy (non-hydrogen) atoms. The molecule has 0 aliphatic carbocycles. The second-order valence-electron chi connectivity index (χ2n) is 17.6. The summed E-state index contributed by atoms with van der Waals surface area (Å²) < 4.78 is 48.3. The van der Waals surface area contributed by atoms with Crippen molar-refractivity contribution < 1.29 is 54.7 Å². The van der Waals surface area contributed by atoms with E-state index in [0.717, 1.165) is 89.4 Å². The van der Waals surface area contributed by atoms with Crippen molar-refractivity contribution in [1.82, 2.24) is 19.9 Å². The third-order valence-corrected chi connectivity index (χ3v) is 12.7. The van der Waals surface area contributed by atoms with Crippen molar-refractivity contribution in [3.8, 4) is 67.5 Å². The molecule has 6 heterocycles. The second-order valence-corrected chi connectivity index (χ2v) is 17.6. The Hall–Kier alpha value is -7.75. The van der Waals surface area contributed by atoms with Gasteiger partial charge in [0.25, 0.3) is 0 Å². The number of fused-ring (bicyclic) bond motifs is 10. The molecule has 5 aromatic carbocycles. The normalized spacial score (nSPS) is 14.8. The van der Waals surface area contributed by atoms with Crippen LogP contribution in [0.25, 0.3) is 90.9 Å². The Bertz CT molecular complexity index is 3400. The number of rotatable bonds is 4. The molecule has 8 bridgehead atoms. The average Bonchev–Trinajstić information content (AvgIpc) is 4.31. The van der Waals surface area contributed by atoms with Gasteiger partial charge in [-0.3, -0.25) is 0 Å². The summed E-state index contributed by atoms with van der Waals surface area (Å²) in [6.07, 6.45) is 8.43. The molecule has 3 aliphatic heterocycles. The molecule has 0 saturated carbocycles. The SMILES string of the molecule is C1=Cc2nc1c(-c1ccccc1)c1ccc([nH]1)c(-c1ccccc1)c1nc(c(-c3ccc4c(c3)OCCOCCOCCOc3ccccc3OCCOCCOCCO4)c3ccc([nH]3)c2-c2ccccc2)C=C1.[Co]. The van der Waals surface area contributed by atoms with Crippen molar-refractivity contribution in [2.24, 2.45) is 0 Å². The maximum absolute atomic E-state index is 6.53. The largest absolute Gasteiger partial charge is 0.487 e. The molecule has 0 saturated heterocycles. The Labute approximate surface area is 446 Å². The van der Waals surface area contributed by atoms with E-state index in [9.17, 15) is 0 Å². The average molecular weight is 1040 g/mol. The van der Waals surface area contributed by atoms with Crippen LogP contribution in [-0.4, -0.2) is 99.2 Å². The number of benzene rings is 5. The van der Waals surface area contributed by atoms with Crippen LogP contribution in [-0.2, 0) is 35.7 Å². The first kappa shape index (κ1) is 50.8. The van der Waals surface area contributed by atoms with E-state index in [1.807, 2.05) is 54.6 Å². The summed E-state index contributed by atoms with van der Waals surface area (Å²) in [6, 6.07) is 53.4. The number of H-pyrrole nitrogens is 2. The number of aromatic amines is 2. The van der Waals surface area contributed by atoms with Crippen LogP contribution in [0, 0.1) is 0 Å². The van der Waals surface area contributed by atoms with Gasteiger partial charge in [0.05, 0.1) is 75.6 Å². The van der Waals surface area contributed by atoms with Gasteiger partial charge in [0.1, 0.15) is 26.4 Å². The molecular formula is C62H56CoN4O8. The van der Waals surface area contributed by atoms with Crippen molar-refractivity contribution in [3.63, 3.8) is 0 Å². The molecule has 381 valence electrons. The molecule has 11 rings (SSSR count). The van der Waals surface area contributed by atoms with Crippen LogP contribution in [0.3, 0.4) is 0 Å². The van der Waals surface area contributed by atoms with Gasteiger partial charge in [0, 0.05) is 61.1 Å². The number of ether oxygens (including phenoxy) is 8. The maximum Gasteiger partial charge on any atom is 0.161 e. The fourth-order valence-corrected chi connectivity index (χ4v) is 9.31. The van der Waals surface area contributed by atoms with Crippen LogP contribution in [0.1, 0.15) is 22.8 Å². The topological polar surface area (TPSA) is 131 Å². The Balaban J connectivity index is 0.00000641. The van der Waals surface area contributed by atoms with Gasteiger partial charge in [-0.1, -0.05) is 109 Å². The van der Waals surface area contributed by atoms with Crippen LogP contribution in [0.4, 0.5) is 0 Å². The summed E-state index contributed by atoms with van der Waals surface area (Å²) in [5, 5.41) is 0. The van der Waals surface area contributed by atoms with Crippen LogP contribution < -0.4 is 18.9 Å². The first-order valence-corrected chi connectivity index (χ1v) is 25.1. The van der Waals surface area contributed by atoms with E-state index in [1.54, 1.807) is 0 Å². The van der Waals surface area contributed by atoms with E-state index in [-0.39, 0.29) is 23.4 Å². The molecule has 0 fully saturated rings. The Morgan fingerprint density at radius 1 is 0.280 bits per heavy atom. The molecule has 1 radical (unpaired) electrons. The van der Waals surface area contributed by atoms with Crippen LogP contribution in [0.2, 0.25) is 0 Å². The van der Waals surface area contributed by atoms with Gasteiger partial charge >= 0.3 is 0 Å². The number of nitrogens with one attached hydrogen (secondary N) is 2. The molecular weight excluding hydrogens is 988 g/mol. The molecule has 12 nitrogen and oxygen atoms in total. The van der Waals surface area contributed by atoms with E-state index in [4.69, 9.17) is 47.9 Å². The maximum atomic E-state index is 6.53. The van der Waals surface area contributed by atoms with E-state index < -0.39 is 0 Å². The molecule has 8 aromatic rings. The minimum atomic E-state index is 0. The van der Waals surface area contributed by atoms with E-state index in [0.29, 0.717) is 95.7 Å². The van der Waals surface area contributed by atoms with Gasteiger partial charge in [-0.2, -0.15) is 0 Å². The fraction of sp³-hybridized carbons (Fsp3) is 0.194. The number of hydrogen-bond donors (Lipinski definition) is 2. The van der Waals surface area contributed by atoms with Gasteiger partial charge < -0.3 is 47.9 Å². The van der Waals surface area contributed by atoms with Gasteiger partial charge in [0.2, 0.25) is 0 Å². The summed E-state index contributed by atoms with van der Waals surface area (Å²) >= 11 is 0. The number of para-hydroxylation sites is 2. The fourth-order valence-electron chi connectivity index (χ4n) is 9.31. The summed E-state index contributed by atoms with van der Waals surface area (Å²) in [7, 11) is 0. The van der Waals surface area contributed by atoms with Crippen LogP contribution in [0.5, 0.6) is 23.0 Å². The molecule has 0 spiro atoms. The second kappa shape index (κ2) is 25.0. The zero-order valence-electron chi connectivity index (χ0n) is 41.3. The van der Waals surface area contributed by atoms with Crippen LogP contribution in [0.15, 0.2) is 158 Å². The zero-order chi connectivity index (χ0) is 49.7. The number of hydrogen-bond acceptors (Lipinski definition) is 10. The summed E-state index contributed by atoms with van der Waals surface area (Å²) in [5.74, 6) is 2.45. The number of aromatic nitrogens is 4. The summed E-state index contributed by atoms with van der Waals surface area (Å²) in [5.41, 5.74) is 14.8. The van der Waals surface area contributed by atoms with Crippen molar-refractivity contribution in [2.75, 3.05) is 79.3 Å². The predicted molar refractivity (Wildman–Crippen MR) is 292 cm³/mol. The molecule has 0 amide bonds. The molecule has 3 aromatic heterocycles. The standard InChI is InChI=1S/C62H56N4O8.Co/c1-4-12-43(13-5-1)59-47-21-23-49(63-47)60(44-14-6-2-7-15-44)51-25-27-53(65-51)62(54-28-26-52(66-54)61(45-16-8-3-9-17-45)50-24-22-48(59)64-50)46-20-29-57-58(42-46)74-41-37-70-33-32-68-35-39-72-56-19-11-10-18-55(56)71-38-34-67-30-31-69-36-40-73-57;/h1-29,42,63,66H,30-41H2;. The molecule has 2 N–H and O–H groups in total. The smallest absolute Gasteiger partial charge is 0.161 e. The van der Waals surface area contributed by atoms with Crippen molar-refractivity contribution in [1.29, 1.82) is 0 Å². The third-order valence-electron chi connectivity index (χ3n) is 12.7. The number of nitrogens with zero attached hydrogens (tertiary/aromatic N) is 2. The summed E-state index contributed by atoms with van der Waals surface area (Å²) in [6.45, 7) is 4.42. The van der Waals surface area contributed by atoms with Crippen molar-refractivity contribution in [3.05, 3.63) is 181 Å². The quantitative estimate of drug-likeness (QED) is 0.176. The van der Waals surface area contributed by atoms with Crippen LogP contribution >= 0.6 is 0 Å². The van der Waals surface area contributed by atoms with Gasteiger partial charge in [-0.25, -0.2) is 9.97 Å². The van der Waals surface area contributed by atoms with E-state index >= 15 is 0 Å². The minimum absolute atomic E-state index is 0. The molecule has 3 aliphatic rings. The first-order chi connectivity index (χ1) is 36.7. The molecule has 0 atom stereocenters. The Kier molecular flexibility index (Phi) is 16.9. The van der Waals surface area contributed by atoms with E-state index in [2.05, 4.69) is 137 Å². The third kappa shape index (κ3) is 12.1. The van der Waals surface area contributed by atoms with Gasteiger partial charge in [0.15, 0.2) is 23.0 Å². The summed E-state index contributed by atoms with van der Waals surface area (Å²) in [4.78, 5) is 18.6.